The normalized spacial score (nSPS) is 28.6. The van der Waals surface area contributed by atoms with E-state index in [4.69, 9.17) is 0 Å². The minimum atomic E-state index is 1.07. The largest absolute Gasteiger partial charge is 0.306 e. The van der Waals surface area contributed by atoms with Crippen LogP contribution in [0.1, 0.15) is 57.8 Å². The molecule has 0 radical (unpaired) electrons. The Labute approximate surface area is 95.2 Å². The van der Waals surface area contributed by atoms with E-state index in [-0.39, 0.29) is 0 Å². The molecular weight excluding hydrogens is 182 g/mol. The molecule has 0 aromatic carbocycles. The highest BCUT2D eigenvalue weighted by Crippen LogP contribution is 2.33. The lowest BCUT2D eigenvalue weighted by atomic mass is 9.77. The number of hydrogen-bond acceptors (Lipinski definition) is 1. The molecule has 0 spiro atoms. The first kappa shape index (κ1) is 11.4. The Hall–Kier alpha value is -0.0400. The Morgan fingerprint density at radius 3 is 1.73 bits per heavy atom. The number of hydrogen-bond donors (Lipinski definition) is 0. The molecule has 0 unspecified atom stereocenters. The van der Waals surface area contributed by atoms with Gasteiger partial charge in [0.05, 0.1) is 0 Å². The van der Waals surface area contributed by atoms with Crippen LogP contribution >= 0.6 is 0 Å². The van der Waals surface area contributed by atoms with Crippen LogP contribution in [-0.4, -0.2) is 25.0 Å². The van der Waals surface area contributed by atoms with Crippen LogP contribution in [0.15, 0.2) is 0 Å². The van der Waals surface area contributed by atoms with Crippen molar-refractivity contribution in [3.63, 3.8) is 0 Å². The van der Waals surface area contributed by atoms with Gasteiger partial charge in [0.25, 0.3) is 0 Å². The maximum Gasteiger partial charge on any atom is -0.00190 e. The van der Waals surface area contributed by atoms with Crippen LogP contribution in [-0.2, 0) is 0 Å². The van der Waals surface area contributed by atoms with Gasteiger partial charge in [-0.25, -0.2) is 0 Å². The Balaban J connectivity index is 1.79. The van der Waals surface area contributed by atoms with E-state index in [9.17, 15) is 0 Å². The molecule has 15 heavy (non-hydrogen) atoms. The van der Waals surface area contributed by atoms with E-state index in [2.05, 4.69) is 11.9 Å². The molecule has 1 aliphatic carbocycles. The van der Waals surface area contributed by atoms with E-state index in [1.807, 2.05) is 0 Å². The summed E-state index contributed by atoms with van der Waals surface area (Å²) in [5, 5.41) is 0. The molecule has 1 nitrogen and oxygen atoms in total. The van der Waals surface area contributed by atoms with Crippen molar-refractivity contribution in [1.82, 2.24) is 4.90 Å². The fourth-order valence-corrected chi connectivity index (χ4v) is 3.46. The number of likely N-dealkylation sites (tertiary alicyclic amines) is 1. The first-order valence-corrected chi connectivity index (χ1v) is 7.05. The fourth-order valence-electron chi connectivity index (χ4n) is 3.46. The summed E-state index contributed by atoms with van der Waals surface area (Å²) in [6.45, 7) is 2.70. The second-order valence-electron chi connectivity index (χ2n) is 5.75. The van der Waals surface area contributed by atoms with Gasteiger partial charge in [-0.1, -0.05) is 44.9 Å². The maximum absolute atomic E-state index is 2.50. The van der Waals surface area contributed by atoms with Gasteiger partial charge < -0.3 is 4.90 Å². The molecule has 1 heteroatoms. The van der Waals surface area contributed by atoms with Crippen molar-refractivity contribution >= 4 is 0 Å². The van der Waals surface area contributed by atoms with Gasteiger partial charge in [0.15, 0.2) is 0 Å². The Kier molecular flexibility index (Phi) is 4.49. The van der Waals surface area contributed by atoms with Crippen molar-refractivity contribution in [3.05, 3.63) is 0 Å². The molecule has 0 amide bonds. The van der Waals surface area contributed by atoms with Crippen molar-refractivity contribution in [3.8, 4) is 0 Å². The molecule has 0 N–H and O–H groups in total. The van der Waals surface area contributed by atoms with Gasteiger partial charge in [-0.3, -0.25) is 0 Å². The fraction of sp³-hybridized carbons (Fsp3) is 1.00. The van der Waals surface area contributed by atoms with E-state index in [1.165, 1.54) is 70.9 Å². The Morgan fingerprint density at radius 1 is 0.667 bits per heavy atom. The lowest BCUT2D eigenvalue weighted by Gasteiger charge is -2.35. The van der Waals surface area contributed by atoms with Gasteiger partial charge in [0, 0.05) is 0 Å². The van der Waals surface area contributed by atoms with E-state index >= 15 is 0 Å². The molecule has 1 saturated carbocycles. The van der Waals surface area contributed by atoms with Gasteiger partial charge in [-0.05, 0) is 44.8 Å². The minimum absolute atomic E-state index is 1.07. The van der Waals surface area contributed by atoms with Crippen LogP contribution in [0.25, 0.3) is 0 Å². The average molecular weight is 209 g/mol. The summed E-state index contributed by atoms with van der Waals surface area (Å²) < 4.78 is 0. The standard InChI is InChI=1S/C14H27N/c1-15-11-9-14(10-12-15)13-7-5-3-2-4-6-8-13/h13-14H,2-12H2,1H3. The highest BCUT2D eigenvalue weighted by molar-refractivity contribution is 4.77. The summed E-state index contributed by atoms with van der Waals surface area (Å²) in [7, 11) is 2.27. The van der Waals surface area contributed by atoms with Crippen LogP contribution in [0, 0.1) is 11.8 Å². The molecule has 2 aliphatic rings. The van der Waals surface area contributed by atoms with Gasteiger partial charge in [0.2, 0.25) is 0 Å². The van der Waals surface area contributed by atoms with E-state index < -0.39 is 0 Å². The van der Waals surface area contributed by atoms with Crippen LogP contribution in [0.3, 0.4) is 0 Å². The number of piperidine rings is 1. The summed E-state index contributed by atoms with van der Waals surface area (Å²) >= 11 is 0. The zero-order valence-electron chi connectivity index (χ0n) is 10.4. The Bertz CT molecular complexity index is 162. The minimum Gasteiger partial charge on any atom is -0.306 e. The predicted molar refractivity (Wildman–Crippen MR) is 66.0 cm³/mol. The summed E-state index contributed by atoms with van der Waals surface area (Å²) in [4.78, 5) is 2.50. The average Bonchev–Trinajstić information content (AvgIpc) is 2.19. The predicted octanol–water partition coefficient (Wildman–Crippen LogP) is 3.69. The topological polar surface area (TPSA) is 3.24 Å². The summed E-state index contributed by atoms with van der Waals surface area (Å²) in [6.07, 6.45) is 13.5. The molecule has 88 valence electrons. The summed E-state index contributed by atoms with van der Waals surface area (Å²) in [5.41, 5.74) is 0. The maximum atomic E-state index is 2.50. The molecule has 0 aromatic rings. The van der Waals surface area contributed by atoms with Crippen molar-refractivity contribution in [1.29, 1.82) is 0 Å². The first-order valence-electron chi connectivity index (χ1n) is 7.05. The van der Waals surface area contributed by atoms with E-state index in [0.717, 1.165) is 11.8 Å². The zero-order valence-corrected chi connectivity index (χ0v) is 10.4. The molecule has 2 fully saturated rings. The third kappa shape index (κ3) is 3.48. The molecular formula is C14H27N. The molecule has 1 heterocycles. The Morgan fingerprint density at radius 2 is 1.13 bits per heavy atom. The second-order valence-corrected chi connectivity index (χ2v) is 5.75. The SMILES string of the molecule is CN1CCC(C2CCCCCCC2)CC1. The lowest BCUT2D eigenvalue weighted by molar-refractivity contribution is 0.151. The zero-order chi connectivity index (χ0) is 10.5. The van der Waals surface area contributed by atoms with Gasteiger partial charge in [0.1, 0.15) is 0 Å². The number of nitrogens with zero attached hydrogens (tertiary/aromatic N) is 1. The summed E-state index contributed by atoms with van der Waals surface area (Å²) in [5.74, 6) is 2.15. The van der Waals surface area contributed by atoms with E-state index in [0.29, 0.717) is 0 Å². The second kappa shape index (κ2) is 5.89. The molecule has 1 aliphatic heterocycles. The quantitative estimate of drug-likeness (QED) is 0.636. The van der Waals surface area contributed by atoms with Gasteiger partial charge >= 0.3 is 0 Å². The summed E-state index contributed by atoms with van der Waals surface area (Å²) in [6, 6.07) is 0. The molecule has 2 rings (SSSR count). The molecule has 0 aromatic heterocycles. The van der Waals surface area contributed by atoms with Crippen molar-refractivity contribution in [2.45, 2.75) is 57.8 Å². The molecule has 1 saturated heterocycles. The molecule has 0 atom stereocenters. The molecule has 0 bridgehead atoms. The third-order valence-electron chi connectivity index (χ3n) is 4.58. The van der Waals surface area contributed by atoms with Crippen molar-refractivity contribution in [2.75, 3.05) is 20.1 Å². The lowest BCUT2D eigenvalue weighted by Crippen LogP contribution is -2.33. The third-order valence-corrected chi connectivity index (χ3v) is 4.58. The van der Waals surface area contributed by atoms with Crippen LogP contribution in [0.5, 0.6) is 0 Å². The monoisotopic (exact) mass is 209 g/mol. The van der Waals surface area contributed by atoms with Crippen LogP contribution < -0.4 is 0 Å². The number of rotatable bonds is 1. The van der Waals surface area contributed by atoms with Crippen LogP contribution in [0.2, 0.25) is 0 Å². The van der Waals surface area contributed by atoms with E-state index in [1.54, 1.807) is 0 Å². The van der Waals surface area contributed by atoms with Gasteiger partial charge in [-0.2, -0.15) is 0 Å². The van der Waals surface area contributed by atoms with Crippen molar-refractivity contribution in [2.24, 2.45) is 11.8 Å². The highest BCUT2D eigenvalue weighted by atomic mass is 15.1. The van der Waals surface area contributed by atoms with Crippen LogP contribution in [0.4, 0.5) is 0 Å². The highest BCUT2D eigenvalue weighted by Gasteiger charge is 2.25. The van der Waals surface area contributed by atoms with Gasteiger partial charge in [-0.15, -0.1) is 0 Å². The van der Waals surface area contributed by atoms with Crippen molar-refractivity contribution < 1.29 is 0 Å². The smallest absolute Gasteiger partial charge is 0.00190 e. The first-order chi connectivity index (χ1) is 7.36.